The lowest BCUT2D eigenvalue weighted by Gasteiger charge is -2.37. The molecule has 150 valence electrons. The van der Waals surface area contributed by atoms with E-state index in [1.807, 2.05) is 4.90 Å². The second-order valence-corrected chi connectivity index (χ2v) is 8.42. The number of anilines is 1. The van der Waals surface area contributed by atoms with E-state index in [-0.39, 0.29) is 5.91 Å². The number of aromatic nitrogens is 2. The third kappa shape index (κ3) is 3.33. The van der Waals surface area contributed by atoms with E-state index in [4.69, 9.17) is 0 Å². The van der Waals surface area contributed by atoms with E-state index >= 15 is 0 Å². The standard InChI is InChI=1S/C24H28N4O/c1-2-23(29)27-11-13-28(14-12-27)24-21-10-9-18(15-22(21)25-16-26-24)20-8-4-6-17-5-3-7-19(17)20/h2,4,6,8,16,18H,1,3,5,7,9-15H2. The highest BCUT2D eigenvalue weighted by molar-refractivity contribution is 5.87. The molecule has 5 nitrogen and oxygen atoms in total. The van der Waals surface area contributed by atoms with Crippen molar-refractivity contribution in [2.24, 2.45) is 0 Å². The van der Waals surface area contributed by atoms with Crippen LogP contribution in [0.25, 0.3) is 0 Å². The Labute approximate surface area is 172 Å². The highest BCUT2D eigenvalue weighted by Crippen LogP contribution is 2.39. The third-order valence-corrected chi connectivity index (χ3v) is 6.88. The van der Waals surface area contributed by atoms with Crippen molar-refractivity contribution in [2.45, 2.75) is 44.4 Å². The summed E-state index contributed by atoms with van der Waals surface area (Å²) in [5.74, 6) is 1.67. The van der Waals surface area contributed by atoms with Gasteiger partial charge in [0, 0.05) is 37.4 Å². The molecule has 5 heteroatoms. The van der Waals surface area contributed by atoms with Gasteiger partial charge < -0.3 is 9.80 Å². The Kier molecular flexibility index (Phi) is 4.82. The van der Waals surface area contributed by atoms with E-state index in [0.717, 1.165) is 44.8 Å². The minimum Gasteiger partial charge on any atom is -0.353 e. The van der Waals surface area contributed by atoms with Crippen LogP contribution in [0.1, 0.15) is 46.7 Å². The number of fused-ring (bicyclic) bond motifs is 2. The Morgan fingerprint density at radius 1 is 1.07 bits per heavy atom. The number of piperazine rings is 1. The van der Waals surface area contributed by atoms with E-state index in [1.165, 1.54) is 43.0 Å². The van der Waals surface area contributed by atoms with Crippen LogP contribution in [0.3, 0.4) is 0 Å². The van der Waals surface area contributed by atoms with Crippen molar-refractivity contribution in [3.8, 4) is 0 Å². The number of amides is 1. The molecule has 1 aromatic carbocycles. The second-order valence-electron chi connectivity index (χ2n) is 8.42. The topological polar surface area (TPSA) is 49.3 Å². The third-order valence-electron chi connectivity index (χ3n) is 6.88. The maximum absolute atomic E-state index is 11.9. The molecule has 0 saturated carbocycles. The fourth-order valence-corrected chi connectivity index (χ4v) is 5.36. The number of carbonyl (C=O) groups excluding carboxylic acids is 1. The van der Waals surface area contributed by atoms with Gasteiger partial charge in [0.1, 0.15) is 12.1 Å². The lowest BCUT2D eigenvalue weighted by molar-refractivity contribution is -0.126. The van der Waals surface area contributed by atoms with Crippen molar-refractivity contribution >= 4 is 11.7 Å². The van der Waals surface area contributed by atoms with Gasteiger partial charge in [-0.2, -0.15) is 0 Å². The predicted octanol–water partition coefficient (Wildman–Crippen LogP) is 3.07. The smallest absolute Gasteiger partial charge is 0.246 e. The van der Waals surface area contributed by atoms with Crippen molar-refractivity contribution in [1.82, 2.24) is 14.9 Å². The van der Waals surface area contributed by atoms with Gasteiger partial charge in [-0.3, -0.25) is 4.79 Å². The molecular formula is C24H28N4O. The Balaban J connectivity index is 1.36. The number of hydrogen-bond donors (Lipinski definition) is 0. The fourth-order valence-electron chi connectivity index (χ4n) is 5.36. The Hall–Kier alpha value is -2.69. The van der Waals surface area contributed by atoms with E-state index in [9.17, 15) is 4.79 Å². The molecule has 1 atom stereocenters. The van der Waals surface area contributed by atoms with E-state index < -0.39 is 0 Å². The van der Waals surface area contributed by atoms with Gasteiger partial charge in [-0.15, -0.1) is 0 Å². The molecular weight excluding hydrogens is 360 g/mol. The molecule has 0 N–H and O–H groups in total. The van der Waals surface area contributed by atoms with Crippen molar-refractivity contribution in [2.75, 3.05) is 31.1 Å². The monoisotopic (exact) mass is 388 g/mol. The zero-order valence-electron chi connectivity index (χ0n) is 16.9. The van der Waals surface area contributed by atoms with Crippen LogP contribution in [0.15, 0.2) is 37.2 Å². The minimum absolute atomic E-state index is 0.0209. The van der Waals surface area contributed by atoms with Crippen LogP contribution >= 0.6 is 0 Å². The summed E-state index contributed by atoms with van der Waals surface area (Å²) < 4.78 is 0. The maximum atomic E-state index is 11.9. The fraction of sp³-hybridized carbons (Fsp3) is 0.458. The normalized spacial score (nSPS) is 20.9. The molecule has 3 aliphatic rings. The van der Waals surface area contributed by atoms with E-state index in [1.54, 1.807) is 23.0 Å². The Morgan fingerprint density at radius 2 is 1.93 bits per heavy atom. The molecule has 0 radical (unpaired) electrons. The van der Waals surface area contributed by atoms with Gasteiger partial charge in [0.05, 0.1) is 0 Å². The van der Waals surface area contributed by atoms with Gasteiger partial charge in [0.2, 0.25) is 5.91 Å². The second kappa shape index (κ2) is 7.62. The van der Waals surface area contributed by atoms with Crippen molar-refractivity contribution in [1.29, 1.82) is 0 Å². The van der Waals surface area contributed by atoms with Crippen molar-refractivity contribution in [3.63, 3.8) is 0 Å². The zero-order chi connectivity index (χ0) is 19.8. The number of nitrogens with zero attached hydrogens (tertiary/aromatic N) is 4. The number of benzene rings is 1. The van der Waals surface area contributed by atoms with Crippen molar-refractivity contribution < 1.29 is 4.79 Å². The largest absolute Gasteiger partial charge is 0.353 e. The summed E-state index contributed by atoms with van der Waals surface area (Å²) in [5, 5.41) is 0. The molecule has 1 amide bonds. The van der Waals surface area contributed by atoms with E-state index in [2.05, 4.69) is 39.6 Å². The molecule has 2 aliphatic carbocycles. The summed E-state index contributed by atoms with van der Waals surface area (Å²) in [6, 6.07) is 6.89. The first-order valence-electron chi connectivity index (χ1n) is 10.8. The number of hydrogen-bond acceptors (Lipinski definition) is 4. The highest BCUT2D eigenvalue weighted by Gasteiger charge is 2.29. The van der Waals surface area contributed by atoms with Crippen LogP contribution in [-0.4, -0.2) is 47.0 Å². The molecule has 1 saturated heterocycles. The number of rotatable bonds is 3. The van der Waals surface area contributed by atoms with Crippen LogP contribution < -0.4 is 4.90 Å². The van der Waals surface area contributed by atoms with E-state index in [0.29, 0.717) is 5.92 Å². The minimum atomic E-state index is 0.0209. The summed E-state index contributed by atoms with van der Waals surface area (Å²) in [6.07, 6.45) is 10.1. The molecule has 0 spiro atoms. The lowest BCUT2D eigenvalue weighted by atomic mass is 9.80. The molecule has 2 aromatic rings. The first kappa shape index (κ1) is 18.3. The molecule has 0 bridgehead atoms. The van der Waals surface area contributed by atoms with Crippen LogP contribution in [0.2, 0.25) is 0 Å². The summed E-state index contributed by atoms with van der Waals surface area (Å²) in [4.78, 5) is 25.4. The summed E-state index contributed by atoms with van der Waals surface area (Å²) in [5.41, 5.74) is 7.26. The van der Waals surface area contributed by atoms with Gasteiger partial charge >= 0.3 is 0 Å². The quantitative estimate of drug-likeness (QED) is 0.759. The summed E-state index contributed by atoms with van der Waals surface area (Å²) >= 11 is 0. The van der Waals surface area contributed by atoms with Crippen LogP contribution in [-0.2, 0) is 30.5 Å². The first-order valence-corrected chi connectivity index (χ1v) is 10.8. The Morgan fingerprint density at radius 3 is 2.76 bits per heavy atom. The first-order chi connectivity index (χ1) is 14.2. The van der Waals surface area contributed by atoms with Gasteiger partial charge in [0.15, 0.2) is 0 Å². The van der Waals surface area contributed by atoms with Crippen LogP contribution in [0, 0.1) is 0 Å². The molecule has 2 heterocycles. The number of carbonyl (C=O) groups is 1. The predicted molar refractivity (Wildman–Crippen MR) is 114 cm³/mol. The van der Waals surface area contributed by atoms with Gasteiger partial charge in [-0.1, -0.05) is 24.8 Å². The highest BCUT2D eigenvalue weighted by atomic mass is 16.2. The molecule has 1 fully saturated rings. The zero-order valence-corrected chi connectivity index (χ0v) is 16.9. The number of aryl methyl sites for hydroxylation is 1. The molecule has 5 rings (SSSR count). The average Bonchev–Trinajstić information content (AvgIpc) is 3.27. The summed E-state index contributed by atoms with van der Waals surface area (Å²) in [7, 11) is 0. The molecule has 1 aliphatic heterocycles. The molecule has 1 unspecified atom stereocenters. The van der Waals surface area contributed by atoms with Gasteiger partial charge in [0.25, 0.3) is 0 Å². The van der Waals surface area contributed by atoms with Gasteiger partial charge in [-0.25, -0.2) is 9.97 Å². The summed E-state index contributed by atoms with van der Waals surface area (Å²) in [6.45, 7) is 6.68. The Bertz CT molecular complexity index is 946. The van der Waals surface area contributed by atoms with Crippen LogP contribution in [0.5, 0.6) is 0 Å². The van der Waals surface area contributed by atoms with Gasteiger partial charge in [-0.05, 0) is 67.2 Å². The molecule has 29 heavy (non-hydrogen) atoms. The van der Waals surface area contributed by atoms with Crippen molar-refractivity contribution in [3.05, 3.63) is 65.1 Å². The lowest BCUT2D eigenvalue weighted by Crippen LogP contribution is -2.49. The SMILES string of the molecule is C=CC(=O)N1CCN(c2ncnc3c2CCC(c2cccc4c2CCC4)C3)CC1. The van der Waals surface area contributed by atoms with Crippen LogP contribution in [0.4, 0.5) is 5.82 Å². The molecule has 1 aromatic heterocycles. The average molecular weight is 389 g/mol. The maximum Gasteiger partial charge on any atom is 0.246 e.